The Labute approximate surface area is 146 Å². The maximum atomic E-state index is 9.93. The van der Waals surface area contributed by atoms with E-state index < -0.39 is 0 Å². The van der Waals surface area contributed by atoms with E-state index in [0.717, 1.165) is 52.4 Å². The van der Waals surface area contributed by atoms with Gasteiger partial charge in [0, 0.05) is 38.1 Å². The van der Waals surface area contributed by atoms with Crippen molar-refractivity contribution in [2.24, 2.45) is 0 Å². The maximum absolute atomic E-state index is 9.93. The second-order valence-electron chi connectivity index (χ2n) is 7.37. The van der Waals surface area contributed by atoms with Crippen LogP contribution >= 0.6 is 0 Å². The first kappa shape index (κ1) is 17.7. The zero-order chi connectivity index (χ0) is 16.8. The summed E-state index contributed by atoms with van der Waals surface area (Å²) in [5, 5.41) is 9.93. The van der Waals surface area contributed by atoms with Crippen molar-refractivity contribution in [1.82, 2.24) is 9.80 Å². The van der Waals surface area contributed by atoms with Crippen LogP contribution in [0.4, 0.5) is 0 Å². The van der Waals surface area contributed by atoms with E-state index in [1.54, 1.807) is 6.07 Å². The Bertz CT molecular complexity index is 516. The highest BCUT2D eigenvalue weighted by molar-refractivity contribution is 5.33. The number of ether oxygens (including phenoxy) is 1. The Kier molecular flexibility index (Phi) is 6.14. The van der Waals surface area contributed by atoms with Gasteiger partial charge in [-0.15, -0.1) is 0 Å². The Morgan fingerprint density at radius 3 is 2.62 bits per heavy atom. The molecule has 1 unspecified atom stereocenters. The van der Waals surface area contributed by atoms with Crippen molar-refractivity contribution in [3.63, 3.8) is 0 Å². The lowest BCUT2D eigenvalue weighted by Gasteiger charge is -2.37. The predicted octanol–water partition coefficient (Wildman–Crippen LogP) is 2.86. The number of likely N-dealkylation sites (tertiary alicyclic amines) is 1. The summed E-state index contributed by atoms with van der Waals surface area (Å²) in [6.45, 7) is 10.8. The third kappa shape index (κ3) is 4.29. The summed E-state index contributed by atoms with van der Waals surface area (Å²) in [7, 11) is 0. The predicted molar refractivity (Wildman–Crippen MR) is 97.6 cm³/mol. The molecule has 1 N–H and O–H groups in total. The molecule has 1 aromatic carbocycles. The minimum atomic E-state index is 0.181. The van der Waals surface area contributed by atoms with E-state index in [9.17, 15) is 5.11 Å². The molecule has 4 nitrogen and oxygen atoms in total. The molecule has 24 heavy (non-hydrogen) atoms. The van der Waals surface area contributed by atoms with E-state index in [0.29, 0.717) is 5.75 Å². The van der Waals surface area contributed by atoms with Crippen molar-refractivity contribution in [2.75, 3.05) is 52.5 Å². The van der Waals surface area contributed by atoms with Crippen molar-refractivity contribution >= 4 is 0 Å². The van der Waals surface area contributed by atoms with Gasteiger partial charge in [0.2, 0.25) is 0 Å². The first-order chi connectivity index (χ1) is 11.7. The van der Waals surface area contributed by atoms with Crippen molar-refractivity contribution in [2.45, 2.75) is 38.0 Å². The molecular weight excluding hydrogens is 300 g/mol. The minimum Gasteiger partial charge on any atom is -0.508 e. The molecule has 0 saturated carbocycles. The highest BCUT2D eigenvalue weighted by Crippen LogP contribution is 2.37. The Morgan fingerprint density at radius 1 is 1.08 bits per heavy atom. The summed E-state index contributed by atoms with van der Waals surface area (Å²) in [5.41, 5.74) is 1.49. The number of aromatic hydroxyl groups is 1. The molecule has 1 atom stereocenters. The van der Waals surface area contributed by atoms with E-state index in [1.807, 2.05) is 12.1 Å². The van der Waals surface area contributed by atoms with E-state index >= 15 is 0 Å². The number of phenols is 1. The van der Waals surface area contributed by atoms with Gasteiger partial charge in [-0.25, -0.2) is 0 Å². The van der Waals surface area contributed by atoms with Gasteiger partial charge in [-0.1, -0.05) is 25.5 Å². The smallest absolute Gasteiger partial charge is 0.115 e. The Hall–Kier alpha value is -1.10. The summed E-state index contributed by atoms with van der Waals surface area (Å²) in [4.78, 5) is 5.17. The third-order valence-corrected chi connectivity index (χ3v) is 5.88. The van der Waals surface area contributed by atoms with Gasteiger partial charge in [-0.3, -0.25) is 4.90 Å². The van der Waals surface area contributed by atoms with Gasteiger partial charge in [0.15, 0.2) is 0 Å². The monoisotopic (exact) mass is 332 g/mol. The molecule has 0 amide bonds. The summed E-state index contributed by atoms with van der Waals surface area (Å²) in [6, 6.07) is 7.95. The van der Waals surface area contributed by atoms with Gasteiger partial charge in [0.05, 0.1) is 13.2 Å². The molecule has 2 aliphatic rings. The molecule has 2 fully saturated rings. The van der Waals surface area contributed by atoms with E-state index in [-0.39, 0.29) is 5.41 Å². The number of benzene rings is 1. The lowest BCUT2D eigenvalue weighted by Crippen LogP contribution is -2.45. The fourth-order valence-corrected chi connectivity index (χ4v) is 4.25. The zero-order valence-corrected chi connectivity index (χ0v) is 15.0. The second-order valence-corrected chi connectivity index (χ2v) is 7.37. The number of nitrogens with zero attached hydrogens (tertiary/aromatic N) is 2. The fraction of sp³-hybridized carbons (Fsp3) is 0.700. The van der Waals surface area contributed by atoms with Crippen molar-refractivity contribution < 1.29 is 9.84 Å². The van der Waals surface area contributed by atoms with Gasteiger partial charge < -0.3 is 14.7 Å². The first-order valence-electron chi connectivity index (χ1n) is 9.54. The molecular formula is C20H32N2O2. The molecule has 2 heterocycles. The summed E-state index contributed by atoms with van der Waals surface area (Å²) in [6.07, 6.45) is 4.91. The van der Waals surface area contributed by atoms with Crippen LogP contribution in [0.15, 0.2) is 24.3 Å². The van der Waals surface area contributed by atoms with Crippen molar-refractivity contribution in [1.29, 1.82) is 0 Å². The van der Waals surface area contributed by atoms with Gasteiger partial charge in [-0.2, -0.15) is 0 Å². The highest BCUT2D eigenvalue weighted by atomic mass is 16.5. The summed E-state index contributed by atoms with van der Waals surface area (Å²) < 4.78 is 5.45. The number of hydrogen-bond acceptors (Lipinski definition) is 4. The normalized spacial score (nSPS) is 27.0. The van der Waals surface area contributed by atoms with E-state index in [1.165, 1.54) is 31.4 Å². The van der Waals surface area contributed by atoms with E-state index in [2.05, 4.69) is 22.8 Å². The van der Waals surface area contributed by atoms with Gasteiger partial charge in [-0.05, 0) is 43.5 Å². The maximum Gasteiger partial charge on any atom is 0.115 e. The van der Waals surface area contributed by atoms with Gasteiger partial charge >= 0.3 is 0 Å². The minimum absolute atomic E-state index is 0.181. The van der Waals surface area contributed by atoms with Gasteiger partial charge in [0.25, 0.3) is 0 Å². The van der Waals surface area contributed by atoms with Crippen LogP contribution in [0, 0.1) is 0 Å². The molecule has 0 aliphatic carbocycles. The molecule has 0 bridgehead atoms. The second kappa shape index (κ2) is 8.32. The van der Waals surface area contributed by atoms with Crippen LogP contribution in [0.25, 0.3) is 0 Å². The zero-order valence-electron chi connectivity index (χ0n) is 15.0. The molecule has 0 spiro atoms. The third-order valence-electron chi connectivity index (χ3n) is 5.88. The number of hydrogen-bond donors (Lipinski definition) is 1. The molecule has 4 heteroatoms. The SMILES string of the molecule is CCC1(c2cccc(O)c2)CCCCN(CCN2CCOCC2)C1. The van der Waals surface area contributed by atoms with Crippen LogP contribution in [0.1, 0.15) is 38.2 Å². The molecule has 0 radical (unpaired) electrons. The molecule has 134 valence electrons. The largest absolute Gasteiger partial charge is 0.508 e. The fourth-order valence-electron chi connectivity index (χ4n) is 4.25. The number of rotatable bonds is 5. The van der Waals surface area contributed by atoms with E-state index in [4.69, 9.17) is 4.74 Å². The van der Waals surface area contributed by atoms with Crippen LogP contribution in [-0.2, 0) is 10.2 Å². The standard InChI is InChI=1S/C20H32N2O2/c1-2-20(18-6-5-7-19(23)16-18)8-3-4-9-22(17-20)11-10-21-12-14-24-15-13-21/h5-7,16,23H,2-4,8-15,17H2,1H3. The Morgan fingerprint density at radius 2 is 1.88 bits per heavy atom. The summed E-state index contributed by atoms with van der Waals surface area (Å²) >= 11 is 0. The lowest BCUT2D eigenvalue weighted by atomic mass is 9.74. The molecule has 2 aliphatic heterocycles. The molecule has 0 aromatic heterocycles. The van der Waals surface area contributed by atoms with Crippen molar-refractivity contribution in [3.05, 3.63) is 29.8 Å². The van der Waals surface area contributed by atoms with Crippen LogP contribution in [0.2, 0.25) is 0 Å². The van der Waals surface area contributed by atoms with Crippen LogP contribution in [0.3, 0.4) is 0 Å². The topological polar surface area (TPSA) is 35.9 Å². The molecule has 3 rings (SSSR count). The number of phenolic OH excluding ortho intramolecular Hbond substituents is 1. The quantitative estimate of drug-likeness (QED) is 0.899. The van der Waals surface area contributed by atoms with Crippen LogP contribution < -0.4 is 0 Å². The van der Waals surface area contributed by atoms with Gasteiger partial charge in [0.1, 0.15) is 5.75 Å². The molecule has 2 saturated heterocycles. The Balaban J connectivity index is 1.68. The highest BCUT2D eigenvalue weighted by Gasteiger charge is 2.34. The lowest BCUT2D eigenvalue weighted by molar-refractivity contribution is 0.0325. The average Bonchev–Trinajstić information content (AvgIpc) is 2.84. The molecule has 1 aromatic rings. The van der Waals surface area contributed by atoms with Crippen LogP contribution in [0.5, 0.6) is 5.75 Å². The van der Waals surface area contributed by atoms with Crippen molar-refractivity contribution in [3.8, 4) is 5.75 Å². The number of morpholine rings is 1. The summed E-state index contributed by atoms with van der Waals surface area (Å²) in [5.74, 6) is 0.393. The first-order valence-corrected chi connectivity index (χ1v) is 9.54. The average molecular weight is 332 g/mol. The van der Waals surface area contributed by atoms with Crippen LogP contribution in [-0.4, -0.2) is 67.4 Å².